The van der Waals surface area contributed by atoms with Gasteiger partial charge in [0.15, 0.2) is 0 Å². The first-order valence-corrected chi connectivity index (χ1v) is 6.36. The molecule has 0 spiro atoms. The van der Waals surface area contributed by atoms with Crippen molar-refractivity contribution in [2.45, 2.75) is 6.54 Å². The van der Waals surface area contributed by atoms with Crippen LogP contribution in [-0.4, -0.2) is 30.8 Å². The fraction of sp³-hybridized carbons (Fsp3) is 0.143. The minimum Gasteiger partial charge on any atom is -0.475 e. The van der Waals surface area contributed by atoms with Crippen LogP contribution in [0, 0.1) is 0 Å². The Bertz CT molecular complexity index is 812. The van der Waals surface area contributed by atoms with Gasteiger partial charge in [0.2, 0.25) is 5.82 Å². The molecule has 0 aliphatic heterocycles. The molecule has 106 valence electrons. The highest BCUT2D eigenvalue weighted by atomic mass is 16.4. The van der Waals surface area contributed by atoms with E-state index in [1.165, 1.54) is 0 Å². The van der Waals surface area contributed by atoms with Gasteiger partial charge in [0.25, 0.3) is 0 Å². The van der Waals surface area contributed by atoms with Gasteiger partial charge in [-0.15, -0.1) is 0 Å². The normalized spacial score (nSPS) is 10.7. The van der Waals surface area contributed by atoms with Gasteiger partial charge in [0, 0.05) is 18.6 Å². The van der Waals surface area contributed by atoms with Crippen LogP contribution < -0.4 is 5.32 Å². The maximum absolute atomic E-state index is 11.1. The smallest absolute Gasteiger partial charge is 0.374 e. The highest BCUT2D eigenvalue weighted by Gasteiger charge is 2.12. The van der Waals surface area contributed by atoms with E-state index >= 15 is 0 Å². The van der Waals surface area contributed by atoms with Crippen molar-refractivity contribution in [2.75, 3.05) is 5.32 Å². The van der Waals surface area contributed by atoms with Gasteiger partial charge in [0.05, 0.1) is 17.8 Å². The Kier molecular flexibility index (Phi) is 3.23. The molecule has 7 nitrogen and oxygen atoms in total. The van der Waals surface area contributed by atoms with Crippen LogP contribution in [0.15, 0.2) is 36.5 Å². The van der Waals surface area contributed by atoms with Gasteiger partial charge in [-0.05, 0) is 18.2 Å². The molecule has 7 heteroatoms. The second-order valence-electron chi connectivity index (χ2n) is 4.52. The van der Waals surface area contributed by atoms with E-state index in [1.54, 1.807) is 16.9 Å². The third-order valence-electron chi connectivity index (χ3n) is 3.15. The maximum Gasteiger partial charge on any atom is 0.374 e. The van der Waals surface area contributed by atoms with Crippen LogP contribution in [0.3, 0.4) is 0 Å². The monoisotopic (exact) mass is 283 g/mol. The van der Waals surface area contributed by atoms with Crippen molar-refractivity contribution < 1.29 is 9.90 Å². The van der Waals surface area contributed by atoms with Crippen LogP contribution >= 0.6 is 0 Å². The fourth-order valence-electron chi connectivity index (χ4n) is 2.06. The lowest BCUT2D eigenvalue weighted by Crippen LogP contribution is -2.11. The number of nitrogens with one attached hydrogen (secondary N) is 1. The molecule has 0 radical (unpaired) electrons. The predicted molar refractivity (Wildman–Crippen MR) is 77.0 cm³/mol. The molecular formula is C14H13N5O2. The van der Waals surface area contributed by atoms with Gasteiger partial charge >= 0.3 is 5.97 Å². The molecule has 0 unspecified atom stereocenters. The first-order valence-electron chi connectivity index (χ1n) is 6.36. The van der Waals surface area contributed by atoms with Crippen LogP contribution in [0.2, 0.25) is 0 Å². The van der Waals surface area contributed by atoms with Gasteiger partial charge in [-0.3, -0.25) is 4.68 Å². The summed E-state index contributed by atoms with van der Waals surface area (Å²) in [7, 11) is 1.85. The molecule has 0 aliphatic carbocycles. The van der Waals surface area contributed by atoms with E-state index in [4.69, 9.17) is 5.11 Å². The number of rotatable bonds is 4. The number of benzene rings is 1. The molecule has 0 bridgehead atoms. The number of hydrogen-bond acceptors (Lipinski definition) is 5. The van der Waals surface area contributed by atoms with Gasteiger partial charge in [-0.25, -0.2) is 14.8 Å². The second kappa shape index (κ2) is 5.20. The average molecular weight is 283 g/mol. The molecule has 0 amide bonds. The van der Waals surface area contributed by atoms with Crippen LogP contribution in [0.25, 0.3) is 10.9 Å². The highest BCUT2D eigenvalue weighted by Crippen LogP contribution is 2.20. The minimum atomic E-state index is -1.15. The summed E-state index contributed by atoms with van der Waals surface area (Å²) in [5.41, 5.74) is 1.56. The molecule has 2 N–H and O–H groups in total. The van der Waals surface area contributed by atoms with E-state index in [9.17, 15) is 4.79 Å². The van der Waals surface area contributed by atoms with E-state index in [2.05, 4.69) is 20.4 Å². The van der Waals surface area contributed by atoms with Gasteiger partial charge in [-0.1, -0.05) is 12.1 Å². The van der Waals surface area contributed by atoms with E-state index in [-0.39, 0.29) is 5.82 Å². The summed E-state index contributed by atoms with van der Waals surface area (Å²) in [6.07, 6.45) is 1.71. The number of carboxylic acids is 1. The molecule has 0 saturated carbocycles. The molecule has 3 rings (SSSR count). The zero-order valence-corrected chi connectivity index (χ0v) is 11.3. The number of aromatic nitrogens is 4. The molecule has 2 heterocycles. The first-order chi connectivity index (χ1) is 10.1. The number of fused-ring (bicyclic) bond motifs is 1. The summed E-state index contributed by atoms with van der Waals surface area (Å²) in [4.78, 5) is 19.2. The third-order valence-corrected chi connectivity index (χ3v) is 3.15. The molecule has 0 aliphatic rings. The maximum atomic E-state index is 11.1. The zero-order valence-electron chi connectivity index (χ0n) is 11.3. The van der Waals surface area contributed by atoms with Crippen molar-refractivity contribution in [2.24, 2.45) is 7.05 Å². The van der Waals surface area contributed by atoms with Crippen LogP contribution in [0.1, 0.15) is 16.3 Å². The predicted octanol–water partition coefficient (Wildman–Crippen LogP) is 1.67. The van der Waals surface area contributed by atoms with Crippen LogP contribution in [0.5, 0.6) is 0 Å². The molecule has 1 aromatic carbocycles. The van der Waals surface area contributed by atoms with Crippen molar-refractivity contribution in [3.8, 4) is 0 Å². The molecule has 3 aromatic rings. The fourth-order valence-corrected chi connectivity index (χ4v) is 2.06. The Morgan fingerprint density at radius 2 is 2.10 bits per heavy atom. The lowest BCUT2D eigenvalue weighted by atomic mass is 10.2. The van der Waals surface area contributed by atoms with Crippen molar-refractivity contribution in [3.05, 3.63) is 48.0 Å². The van der Waals surface area contributed by atoms with Crippen molar-refractivity contribution in [1.29, 1.82) is 0 Å². The quantitative estimate of drug-likeness (QED) is 0.756. The van der Waals surface area contributed by atoms with Crippen LogP contribution in [-0.2, 0) is 13.6 Å². The van der Waals surface area contributed by atoms with Gasteiger partial charge in [0.1, 0.15) is 5.82 Å². The summed E-state index contributed by atoms with van der Waals surface area (Å²) >= 11 is 0. The Morgan fingerprint density at radius 1 is 1.29 bits per heavy atom. The van der Waals surface area contributed by atoms with E-state index in [1.807, 2.05) is 31.3 Å². The van der Waals surface area contributed by atoms with Crippen molar-refractivity contribution >= 4 is 22.7 Å². The number of aryl methyl sites for hydroxylation is 1. The Hall–Kier alpha value is -2.96. The summed E-state index contributed by atoms with van der Waals surface area (Å²) in [5.74, 6) is -0.871. The summed E-state index contributed by atoms with van der Waals surface area (Å²) < 4.78 is 1.74. The SMILES string of the molecule is Cn1nccc1CNc1nc(C(=O)O)nc2ccccc12. The molecule has 2 aromatic heterocycles. The van der Waals surface area contributed by atoms with Crippen LogP contribution in [0.4, 0.5) is 5.82 Å². The number of carboxylic acid groups (broad SMARTS) is 1. The molecular weight excluding hydrogens is 270 g/mol. The van der Waals surface area contributed by atoms with Gasteiger partial charge in [-0.2, -0.15) is 5.10 Å². The summed E-state index contributed by atoms with van der Waals surface area (Å²) in [5, 5.41) is 17.1. The zero-order chi connectivity index (χ0) is 14.8. The summed E-state index contributed by atoms with van der Waals surface area (Å²) in [6.45, 7) is 0.497. The van der Waals surface area contributed by atoms with Gasteiger partial charge < -0.3 is 10.4 Å². The number of para-hydroxylation sites is 1. The highest BCUT2D eigenvalue weighted by molar-refractivity contribution is 5.93. The number of hydrogen-bond donors (Lipinski definition) is 2. The van der Waals surface area contributed by atoms with Crippen molar-refractivity contribution in [3.63, 3.8) is 0 Å². The molecule has 21 heavy (non-hydrogen) atoms. The lowest BCUT2D eigenvalue weighted by molar-refractivity contribution is 0.0684. The lowest BCUT2D eigenvalue weighted by Gasteiger charge is -2.09. The number of carbonyl (C=O) groups is 1. The molecule has 0 atom stereocenters. The second-order valence-corrected chi connectivity index (χ2v) is 4.52. The number of anilines is 1. The van der Waals surface area contributed by atoms with E-state index < -0.39 is 5.97 Å². The Morgan fingerprint density at radius 3 is 2.81 bits per heavy atom. The number of aromatic carboxylic acids is 1. The standard InChI is InChI=1S/C14H13N5O2/c1-19-9(6-7-16-19)8-15-12-10-4-2-3-5-11(10)17-13(18-12)14(20)21/h2-7H,8H2,1H3,(H,20,21)(H,15,17,18). The first kappa shape index (κ1) is 13.0. The Labute approximate surface area is 120 Å². The average Bonchev–Trinajstić information content (AvgIpc) is 2.89. The topological polar surface area (TPSA) is 92.9 Å². The number of nitrogens with zero attached hydrogens (tertiary/aromatic N) is 4. The molecule has 0 saturated heterocycles. The molecule has 0 fully saturated rings. The minimum absolute atomic E-state index is 0.221. The largest absolute Gasteiger partial charge is 0.475 e. The Balaban J connectivity index is 1.99. The van der Waals surface area contributed by atoms with E-state index in [0.717, 1.165) is 11.1 Å². The summed E-state index contributed by atoms with van der Waals surface area (Å²) in [6, 6.07) is 9.17. The van der Waals surface area contributed by atoms with Crippen molar-refractivity contribution in [1.82, 2.24) is 19.7 Å². The third kappa shape index (κ3) is 2.53. The van der Waals surface area contributed by atoms with E-state index in [0.29, 0.717) is 17.9 Å².